The van der Waals surface area contributed by atoms with Crippen molar-refractivity contribution in [2.24, 2.45) is 0 Å². The third kappa shape index (κ3) is 9.09. The number of hydrogen-bond acceptors (Lipinski definition) is 8. The van der Waals surface area contributed by atoms with Crippen molar-refractivity contribution in [2.45, 2.75) is 32.6 Å². The van der Waals surface area contributed by atoms with E-state index in [0.717, 1.165) is 0 Å². The van der Waals surface area contributed by atoms with Gasteiger partial charge in [-0.1, -0.05) is 19.9 Å². The molecule has 2 amide bonds. The molecule has 0 spiro atoms. The Morgan fingerprint density at radius 3 is 2.03 bits per heavy atom. The molecule has 0 unspecified atom stereocenters. The Morgan fingerprint density at radius 1 is 1.00 bits per heavy atom. The Hall–Kier alpha value is -3.23. The van der Waals surface area contributed by atoms with Crippen LogP contribution in [0.5, 0.6) is 0 Å². The second-order valence-corrected chi connectivity index (χ2v) is 9.60. The lowest BCUT2D eigenvalue weighted by molar-refractivity contribution is -0.159. The highest BCUT2D eigenvalue weighted by atomic mass is 32.2. The van der Waals surface area contributed by atoms with Crippen molar-refractivity contribution in [1.82, 2.24) is 14.1 Å². The van der Waals surface area contributed by atoms with Crippen molar-refractivity contribution >= 4 is 39.6 Å². The number of carbonyl (C=O) groups is 4. The fourth-order valence-electron chi connectivity index (χ4n) is 3.37. The first-order valence-corrected chi connectivity index (χ1v) is 12.8. The van der Waals surface area contributed by atoms with Crippen LogP contribution in [0.15, 0.2) is 23.1 Å². The number of carboxylic acid groups (broad SMARTS) is 2. The van der Waals surface area contributed by atoms with Crippen molar-refractivity contribution in [3.05, 3.63) is 23.8 Å². The first-order valence-electron chi connectivity index (χ1n) is 11.4. The molecule has 1 heterocycles. The Bertz CT molecular complexity index is 1020. The predicted molar refractivity (Wildman–Crippen MR) is 130 cm³/mol. The van der Waals surface area contributed by atoms with E-state index in [1.165, 1.54) is 10.4 Å². The summed E-state index contributed by atoms with van der Waals surface area (Å²) in [5.74, 6) is -3.88. The lowest BCUT2D eigenvalue weighted by Crippen LogP contribution is -2.50. The van der Waals surface area contributed by atoms with Gasteiger partial charge in [-0.05, 0) is 31.5 Å². The zero-order valence-corrected chi connectivity index (χ0v) is 21.7. The number of carbonyl (C=O) groups excluding carboxylic acids is 2. The van der Waals surface area contributed by atoms with Crippen LogP contribution < -0.4 is 5.32 Å². The minimum absolute atomic E-state index is 0.169. The minimum atomic E-state index is -3.61. The molecule has 1 saturated heterocycles. The summed E-state index contributed by atoms with van der Waals surface area (Å²) in [5.41, 5.74) is 1.08. The molecular formula is C22H34N4O9S. The number of amides is 2. The molecular weight excluding hydrogens is 496 g/mol. The maximum absolute atomic E-state index is 12.9. The monoisotopic (exact) mass is 530 g/mol. The second-order valence-electron chi connectivity index (χ2n) is 7.69. The van der Waals surface area contributed by atoms with E-state index in [1.54, 1.807) is 44.7 Å². The van der Waals surface area contributed by atoms with Crippen molar-refractivity contribution in [3.8, 4) is 0 Å². The Balaban J connectivity index is 0.000000960. The summed E-state index contributed by atoms with van der Waals surface area (Å²) in [6, 6.07) is 4.91. The van der Waals surface area contributed by atoms with E-state index >= 15 is 0 Å². The zero-order valence-electron chi connectivity index (χ0n) is 20.9. The van der Waals surface area contributed by atoms with Crippen LogP contribution in [0.4, 0.5) is 10.5 Å². The fraction of sp³-hybridized carbons (Fsp3) is 0.545. The van der Waals surface area contributed by atoms with Crippen molar-refractivity contribution in [3.63, 3.8) is 0 Å². The van der Waals surface area contributed by atoms with E-state index in [1.807, 2.05) is 4.90 Å². The molecule has 1 aliphatic heterocycles. The molecule has 3 N–H and O–H groups in total. The summed E-state index contributed by atoms with van der Waals surface area (Å²) in [5, 5.41) is 17.6. The molecule has 0 bridgehead atoms. The first kappa shape index (κ1) is 30.8. The molecule has 0 atom stereocenters. The van der Waals surface area contributed by atoms with Crippen molar-refractivity contribution in [2.75, 3.05) is 57.7 Å². The molecule has 1 fully saturated rings. The van der Waals surface area contributed by atoms with Gasteiger partial charge in [0, 0.05) is 45.0 Å². The Labute approximate surface area is 210 Å². The van der Waals surface area contributed by atoms with Crippen LogP contribution in [-0.2, 0) is 29.1 Å². The van der Waals surface area contributed by atoms with Gasteiger partial charge >= 0.3 is 18.0 Å². The van der Waals surface area contributed by atoms with Crippen LogP contribution >= 0.6 is 0 Å². The number of hydrogen-bond donors (Lipinski definition) is 3. The van der Waals surface area contributed by atoms with Crippen LogP contribution in [0, 0.1) is 6.92 Å². The summed E-state index contributed by atoms with van der Waals surface area (Å²) in [6.07, 6.45) is -0.330. The normalized spacial score (nSPS) is 14.0. The van der Waals surface area contributed by atoms with Gasteiger partial charge in [-0.15, -0.1) is 0 Å². The number of aryl methyl sites for hydroxylation is 1. The quantitative estimate of drug-likeness (QED) is 0.410. The molecule has 2 rings (SSSR count). The average Bonchev–Trinajstić information content (AvgIpc) is 2.81. The van der Waals surface area contributed by atoms with Gasteiger partial charge in [0.1, 0.15) is 0 Å². The third-order valence-electron chi connectivity index (χ3n) is 5.24. The molecule has 0 saturated carbocycles. The standard InChI is InChI=1S/C20H32N4O5S.C2H2O4/c1-5-24(6-2)30(27,28)18-14-17(9-8-16(18)4)21-19(25)15-22-10-12-23(13-11-22)20(26)29-7-3;3-1(4)2(5)6/h8-9,14H,5-7,10-13,15H2,1-4H3,(H,21,25);(H,3,4)(H,5,6). The Morgan fingerprint density at radius 2 is 1.56 bits per heavy atom. The van der Waals surface area contributed by atoms with Gasteiger partial charge in [0.15, 0.2) is 0 Å². The summed E-state index contributed by atoms with van der Waals surface area (Å²) in [4.78, 5) is 46.2. The number of nitrogens with zero attached hydrogens (tertiary/aromatic N) is 3. The zero-order chi connectivity index (χ0) is 27.5. The highest BCUT2D eigenvalue weighted by Crippen LogP contribution is 2.23. The van der Waals surface area contributed by atoms with Gasteiger partial charge in [0.25, 0.3) is 0 Å². The van der Waals surface area contributed by atoms with Crippen molar-refractivity contribution in [1.29, 1.82) is 0 Å². The fourth-order valence-corrected chi connectivity index (χ4v) is 5.07. The predicted octanol–water partition coefficient (Wildman–Crippen LogP) is 0.894. The number of piperazine rings is 1. The van der Waals surface area contributed by atoms with Gasteiger partial charge in [0.2, 0.25) is 15.9 Å². The molecule has 0 aromatic heterocycles. The Kier molecular flexibility index (Phi) is 12.3. The summed E-state index contributed by atoms with van der Waals surface area (Å²) in [6.45, 7) is 10.5. The van der Waals surface area contributed by atoms with E-state index in [-0.39, 0.29) is 23.4 Å². The van der Waals surface area contributed by atoms with E-state index in [4.69, 9.17) is 24.5 Å². The molecule has 14 heteroatoms. The molecule has 0 radical (unpaired) electrons. The van der Waals surface area contributed by atoms with Gasteiger partial charge < -0.3 is 25.2 Å². The van der Waals surface area contributed by atoms with E-state index in [0.29, 0.717) is 57.1 Å². The van der Waals surface area contributed by atoms with E-state index < -0.39 is 22.0 Å². The largest absolute Gasteiger partial charge is 0.473 e. The molecule has 1 aliphatic rings. The van der Waals surface area contributed by atoms with E-state index in [2.05, 4.69) is 5.32 Å². The number of rotatable bonds is 8. The number of benzene rings is 1. The van der Waals surface area contributed by atoms with E-state index in [9.17, 15) is 18.0 Å². The van der Waals surface area contributed by atoms with Gasteiger partial charge in [-0.2, -0.15) is 4.31 Å². The number of aliphatic carboxylic acids is 2. The first-order chi connectivity index (χ1) is 16.9. The molecule has 13 nitrogen and oxygen atoms in total. The molecule has 0 aliphatic carbocycles. The lowest BCUT2D eigenvalue weighted by Gasteiger charge is -2.33. The third-order valence-corrected chi connectivity index (χ3v) is 7.44. The number of ether oxygens (including phenoxy) is 1. The van der Waals surface area contributed by atoms with Crippen LogP contribution in [0.3, 0.4) is 0 Å². The number of sulfonamides is 1. The van der Waals surface area contributed by atoms with Gasteiger partial charge in [0.05, 0.1) is 18.0 Å². The second kappa shape index (κ2) is 14.4. The van der Waals surface area contributed by atoms with Crippen LogP contribution in [0.25, 0.3) is 0 Å². The van der Waals surface area contributed by atoms with Gasteiger partial charge in [-0.3, -0.25) is 9.69 Å². The van der Waals surface area contributed by atoms with Crippen LogP contribution in [-0.4, -0.2) is 109 Å². The summed E-state index contributed by atoms with van der Waals surface area (Å²) >= 11 is 0. The van der Waals surface area contributed by atoms with Gasteiger partial charge in [-0.25, -0.2) is 22.8 Å². The maximum atomic E-state index is 12.9. The summed E-state index contributed by atoms with van der Waals surface area (Å²) < 4.78 is 32.1. The SMILES string of the molecule is CCOC(=O)N1CCN(CC(=O)Nc2ccc(C)c(S(=O)(=O)N(CC)CC)c2)CC1.O=C(O)C(=O)O. The number of carboxylic acids is 2. The molecule has 36 heavy (non-hydrogen) atoms. The minimum Gasteiger partial charge on any atom is -0.473 e. The summed E-state index contributed by atoms with van der Waals surface area (Å²) in [7, 11) is -3.61. The van der Waals surface area contributed by atoms with Crippen LogP contribution in [0.1, 0.15) is 26.3 Å². The van der Waals surface area contributed by atoms with Crippen molar-refractivity contribution < 1.29 is 42.5 Å². The topological polar surface area (TPSA) is 174 Å². The average molecular weight is 531 g/mol. The highest BCUT2D eigenvalue weighted by Gasteiger charge is 2.25. The maximum Gasteiger partial charge on any atom is 0.414 e. The lowest BCUT2D eigenvalue weighted by atomic mass is 10.2. The molecule has 202 valence electrons. The molecule has 1 aromatic carbocycles. The smallest absolute Gasteiger partial charge is 0.414 e. The number of nitrogens with one attached hydrogen (secondary N) is 1. The highest BCUT2D eigenvalue weighted by molar-refractivity contribution is 7.89. The van der Waals surface area contributed by atoms with Crippen LogP contribution in [0.2, 0.25) is 0 Å². The molecule has 1 aromatic rings. The number of anilines is 1.